The average Bonchev–Trinajstić information content (AvgIpc) is 3.21. The third kappa shape index (κ3) is 4.98. The van der Waals surface area contributed by atoms with Crippen molar-refractivity contribution in [3.63, 3.8) is 0 Å². The number of piperidine rings is 1. The Morgan fingerprint density at radius 2 is 1.87 bits per heavy atom. The van der Waals surface area contributed by atoms with Gasteiger partial charge < -0.3 is 5.32 Å². The van der Waals surface area contributed by atoms with E-state index in [1.807, 2.05) is 36.6 Å². The highest BCUT2D eigenvalue weighted by Gasteiger charge is 2.32. The minimum absolute atomic E-state index is 0.0878. The van der Waals surface area contributed by atoms with Crippen molar-refractivity contribution in [1.29, 1.82) is 0 Å². The van der Waals surface area contributed by atoms with Gasteiger partial charge in [0.1, 0.15) is 0 Å². The van der Waals surface area contributed by atoms with E-state index in [9.17, 15) is 13.2 Å². The molecule has 0 bridgehead atoms. The lowest BCUT2D eigenvalue weighted by atomic mass is 9.97. The first-order chi connectivity index (χ1) is 14.8. The van der Waals surface area contributed by atoms with Gasteiger partial charge in [0.2, 0.25) is 15.9 Å². The number of anilines is 1. The smallest absolute Gasteiger partial charge is 0.243 e. The maximum absolute atomic E-state index is 12.8. The molecule has 1 fully saturated rings. The number of hydrogen-bond acceptors (Lipinski definition) is 5. The molecule has 4 rings (SSSR count). The van der Waals surface area contributed by atoms with Gasteiger partial charge >= 0.3 is 0 Å². The standard InChI is InChI=1S/C22H22ClN3O3S2/c1-15-24-21(14-30-15)17-3-2-4-19(13-17)25-22(27)16-9-11-26(12-10-16)31(28,29)20-7-5-18(23)6-8-20/h2-8,13-14,16H,9-12H2,1H3,(H,25,27). The molecule has 9 heteroatoms. The van der Waals surface area contributed by atoms with E-state index in [0.717, 1.165) is 16.3 Å². The van der Waals surface area contributed by atoms with Gasteiger partial charge in [0.25, 0.3) is 0 Å². The largest absolute Gasteiger partial charge is 0.326 e. The molecular formula is C22H22ClN3O3S2. The van der Waals surface area contributed by atoms with Crippen molar-refractivity contribution >= 4 is 44.6 Å². The van der Waals surface area contributed by atoms with E-state index >= 15 is 0 Å². The third-order valence-corrected chi connectivity index (χ3v) is 8.26. The van der Waals surface area contributed by atoms with Gasteiger partial charge in [-0.1, -0.05) is 23.7 Å². The number of aromatic nitrogens is 1. The molecule has 1 aromatic heterocycles. The number of thiazole rings is 1. The van der Waals surface area contributed by atoms with E-state index in [1.165, 1.54) is 16.4 Å². The summed E-state index contributed by atoms with van der Waals surface area (Å²) < 4.78 is 27.1. The summed E-state index contributed by atoms with van der Waals surface area (Å²) in [4.78, 5) is 17.5. The van der Waals surface area contributed by atoms with Crippen LogP contribution in [0.25, 0.3) is 11.3 Å². The molecule has 0 unspecified atom stereocenters. The minimum Gasteiger partial charge on any atom is -0.326 e. The fraction of sp³-hybridized carbons (Fsp3) is 0.273. The Kier molecular flexibility index (Phi) is 6.43. The number of sulfonamides is 1. The second-order valence-corrected chi connectivity index (χ2v) is 10.9. The van der Waals surface area contributed by atoms with Crippen LogP contribution in [0.4, 0.5) is 5.69 Å². The van der Waals surface area contributed by atoms with Crippen LogP contribution in [0.1, 0.15) is 17.8 Å². The van der Waals surface area contributed by atoms with Crippen LogP contribution in [-0.2, 0) is 14.8 Å². The summed E-state index contributed by atoms with van der Waals surface area (Å²) in [6.07, 6.45) is 0.952. The Morgan fingerprint density at radius 1 is 1.16 bits per heavy atom. The highest BCUT2D eigenvalue weighted by Crippen LogP contribution is 2.27. The highest BCUT2D eigenvalue weighted by atomic mass is 35.5. The fourth-order valence-corrected chi connectivity index (χ4v) is 5.83. The molecule has 0 aliphatic carbocycles. The summed E-state index contributed by atoms with van der Waals surface area (Å²) in [6, 6.07) is 13.8. The SMILES string of the molecule is Cc1nc(-c2cccc(NC(=O)C3CCN(S(=O)(=O)c4ccc(Cl)cc4)CC3)c2)cs1. The first-order valence-corrected chi connectivity index (χ1v) is 12.6. The van der Waals surface area contributed by atoms with Gasteiger partial charge in [-0.2, -0.15) is 4.31 Å². The predicted octanol–water partition coefficient (Wildman–Crippen LogP) is 4.81. The van der Waals surface area contributed by atoms with Crippen LogP contribution >= 0.6 is 22.9 Å². The Bertz CT molecular complexity index is 1180. The van der Waals surface area contributed by atoms with Crippen molar-refractivity contribution in [2.24, 2.45) is 5.92 Å². The highest BCUT2D eigenvalue weighted by molar-refractivity contribution is 7.89. The van der Waals surface area contributed by atoms with Gasteiger partial charge in [0, 0.05) is 40.7 Å². The molecule has 3 aromatic rings. The molecular weight excluding hydrogens is 454 g/mol. The number of aryl methyl sites for hydroxylation is 1. The van der Waals surface area contributed by atoms with Crippen LogP contribution in [0.5, 0.6) is 0 Å². The number of benzene rings is 2. The minimum atomic E-state index is -3.58. The molecule has 0 radical (unpaired) electrons. The lowest BCUT2D eigenvalue weighted by molar-refractivity contribution is -0.120. The maximum atomic E-state index is 12.8. The van der Waals surface area contributed by atoms with Crippen LogP contribution in [0.3, 0.4) is 0 Å². The molecule has 1 amide bonds. The number of carbonyl (C=O) groups excluding carboxylic acids is 1. The zero-order valence-corrected chi connectivity index (χ0v) is 19.3. The van der Waals surface area contributed by atoms with E-state index in [-0.39, 0.29) is 16.7 Å². The number of amides is 1. The van der Waals surface area contributed by atoms with Crippen LogP contribution in [0.15, 0.2) is 58.8 Å². The summed E-state index contributed by atoms with van der Waals surface area (Å²) in [5.41, 5.74) is 2.55. The van der Waals surface area contributed by atoms with E-state index in [4.69, 9.17) is 11.6 Å². The second kappa shape index (κ2) is 9.08. The Balaban J connectivity index is 1.38. The summed E-state index contributed by atoms with van der Waals surface area (Å²) in [7, 11) is -3.58. The number of nitrogens with zero attached hydrogens (tertiary/aromatic N) is 2. The molecule has 31 heavy (non-hydrogen) atoms. The van der Waals surface area contributed by atoms with Gasteiger partial charge in [0.15, 0.2) is 0 Å². The van der Waals surface area contributed by atoms with Crippen LogP contribution in [0, 0.1) is 12.8 Å². The molecule has 0 spiro atoms. The van der Waals surface area contributed by atoms with Crippen molar-refractivity contribution in [2.45, 2.75) is 24.7 Å². The zero-order chi connectivity index (χ0) is 22.0. The lowest BCUT2D eigenvalue weighted by Crippen LogP contribution is -2.41. The fourth-order valence-electron chi connectivity index (χ4n) is 3.61. The molecule has 2 heterocycles. The molecule has 1 N–H and O–H groups in total. The van der Waals surface area contributed by atoms with Gasteiger partial charge in [-0.3, -0.25) is 4.79 Å². The van der Waals surface area contributed by atoms with Crippen molar-refractivity contribution in [3.8, 4) is 11.3 Å². The summed E-state index contributed by atoms with van der Waals surface area (Å²) >= 11 is 7.44. The molecule has 1 aliphatic heterocycles. The van der Waals surface area contributed by atoms with Gasteiger partial charge in [-0.25, -0.2) is 13.4 Å². The molecule has 162 valence electrons. The van der Waals surface area contributed by atoms with Crippen LogP contribution < -0.4 is 5.32 Å². The van der Waals surface area contributed by atoms with Gasteiger partial charge in [-0.15, -0.1) is 11.3 Å². The Labute approximate surface area is 190 Å². The zero-order valence-electron chi connectivity index (χ0n) is 16.9. The Morgan fingerprint density at radius 3 is 2.52 bits per heavy atom. The summed E-state index contributed by atoms with van der Waals surface area (Å²) in [5, 5.41) is 6.45. The third-order valence-electron chi connectivity index (χ3n) is 5.32. The number of hydrogen-bond donors (Lipinski definition) is 1. The summed E-state index contributed by atoms with van der Waals surface area (Å²) in [5.74, 6) is -0.322. The van der Waals surface area contributed by atoms with Crippen LogP contribution in [0.2, 0.25) is 5.02 Å². The molecule has 1 aliphatic rings. The first-order valence-electron chi connectivity index (χ1n) is 9.92. The molecule has 0 atom stereocenters. The molecule has 6 nitrogen and oxygen atoms in total. The van der Waals surface area contributed by atoms with E-state index in [2.05, 4.69) is 10.3 Å². The van der Waals surface area contributed by atoms with Crippen LogP contribution in [-0.4, -0.2) is 36.7 Å². The summed E-state index contributed by atoms with van der Waals surface area (Å²) in [6.45, 7) is 2.57. The Hall–Kier alpha value is -2.26. The number of rotatable bonds is 5. The second-order valence-electron chi connectivity index (χ2n) is 7.45. The number of carbonyl (C=O) groups is 1. The molecule has 0 saturated carbocycles. The van der Waals surface area contributed by atoms with Crippen molar-refractivity contribution in [2.75, 3.05) is 18.4 Å². The van der Waals surface area contributed by atoms with E-state index in [0.29, 0.717) is 36.6 Å². The predicted molar refractivity (Wildman–Crippen MR) is 124 cm³/mol. The number of halogens is 1. The number of nitrogens with one attached hydrogen (secondary N) is 1. The average molecular weight is 476 g/mol. The molecule has 1 saturated heterocycles. The first kappa shape index (κ1) is 22.0. The normalized spacial score (nSPS) is 15.7. The van der Waals surface area contributed by atoms with Crippen molar-refractivity contribution in [3.05, 3.63) is 63.9 Å². The topological polar surface area (TPSA) is 79.4 Å². The van der Waals surface area contributed by atoms with Crippen molar-refractivity contribution < 1.29 is 13.2 Å². The molecule has 2 aromatic carbocycles. The maximum Gasteiger partial charge on any atom is 0.243 e. The van der Waals surface area contributed by atoms with E-state index < -0.39 is 10.0 Å². The van der Waals surface area contributed by atoms with E-state index in [1.54, 1.807) is 23.5 Å². The van der Waals surface area contributed by atoms with Crippen molar-refractivity contribution in [1.82, 2.24) is 9.29 Å². The van der Waals surface area contributed by atoms with Gasteiger partial charge in [0.05, 0.1) is 15.6 Å². The quantitative estimate of drug-likeness (QED) is 0.574. The monoisotopic (exact) mass is 475 g/mol. The van der Waals surface area contributed by atoms with Gasteiger partial charge in [-0.05, 0) is 56.2 Å². The lowest BCUT2D eigenvalue weighted by Gasteiger charge is -2.30.